The third-order valence-corrected chi connectivity index (χ3v) is 7.34. The number of pyridine rings is 2. The molecule has 2 atom stereocenters. The van der Waals surface area contributed by atoms with Gasteiger partial charge in [0.15, 0.2) is 0 Å². The van der Waals surface area contributed by atoms with Crippen molar-refractivity contribution in [2.45, 2.75) is 25.6 Å². The van der Waals surface area contributed by atoms with Crippen molar-refractivity contribution in [3.05, 3.63) is 83.6 Å². The summed E-state index contributed by atoms with van der Waals surface area (Å²) in [5.74, 6) is 1.36. The van der Waals surface area contributed by atoms with Gasteiger partial charge < -0.3 is 14.8 Å². The van der Waals surface area contributed by atoms with Crippen LogP contribution in [0, 0.1) is 17.7 Å². The van der Waals surface area contributed by atoms with Crippen LogP contribution in [0.2, 0.25) is 0 Å². The summed E-state index contributed by atoms with van der Waals surface area (Å²) in [7, 11) is 0. The Hall–Kier alpha value is -3.95. The highest BCUT2D eigenvalue weighted by molar-refractivity contribution is 6.06. The van der Waals surface area contributed by atoms with Crippen LogP contribution in [0.5, 0.6) is 0 Å². The number of rotatable bonds is 5. The normalized spacial score (nSPS) is 19.1. The molecule has 1 saturated heterocycles. The molecule has 2 unspecified atom stereocenters. The summed E-state index contributed by atoms with van der Waals surface area (Å²) in [6, 6.07) is 11.8. The van der Waals surface area contributed by atoms with Gasteiger partial charge in [-0.05, 0) is 66.6 Å². The number of anilines is 2. The Morgan fingerprint density at radius 1 is 1.00 bits per heavy atom. The van der Waals surface area contributed by atoms with E-state index in [1.54, 1.807) is 18.3 Å². The van der Waals surface area contributed by atoms with E-state index in [0.29, 0.717) is 11.3 Å². The van der Waals surface area contributed by atoms with Crippen LogP contribution in [-0.4, -0.2) is 33.5 Å². The Labute approximate surface area is 209 Å². The predicted octanol–water partition coefficient (Wildman–Crippen LogP) is 5.74. The second-order valence-corrected chi connectivity index (χ2v) is 9.74. The minimum absolute atomic E-state index is 0.0524. The minimum atomic E-state index is -4.57. The molecule has 6 rings (SSSR count). The number of hydrogen-bond acceptors (Lipinski definition) is 4. The summed E-state index contributed by atoms with van der Waals surface area (Å²) < 4.78 is 55.1. The van der Waals surface area contributed by atoms with Crippen LogP contribution in [0.3, 0.4) is 0 Å². The fourth-order valence-corrected chi connectivity index (χ4v) is 5.26. The van der Waals surface area contributed by atoms with E-state index in [1.165, 1.54) is 41.7 Å². The molecular weight excluding hydrogens is 486 g/mol. The van der Waals surface area contributed by atoms with E-state index in [9.17, 15) is 22.4 Å². The van der Waals surface area contributed by atoms with E-state index in [1.807, 2.05) is 6.07 Å². The molecule has 0 spiro atoms. The zero-order chi connectivity index (χ0) is 25.7. The van der Waals surface area contributed by atoms with Gasteiger partial charge in [-0.2, -0.15) is 13.2 Å². The number of fused-ring (bicyclic) bond motifs is 2. The molecule has 2 fully saturated rings. The smallest absolute Gasteiger partial charge is 0.356 e. The molecule has 1 aromatic carbocycles. The first-order valence-corrected chi connectivity index (χ1v) is 12.1. The third-order valence-electron chi connectivity index (χ3n) is 7.34. The summed E-state index contributed by atoms with van der Waals surface area (Å²) in [4.78, 5) is 24.1. The van der Waals surface area contributed by atoms with Crippen LogP contribution in [0.1, 0.15) is 34.5 Å². The molecule has 37 heavy (non-hydrogen) atoms. The average molecular weight is 510 g/mol. The number of amides is 1. The van der Waals surface area contributed by atoms with E-state index >= 15 is 0 Å². The lowest BCUT2D eigenvalue weighted by molar-refractivity contribution is -0.137. The molecule has 1 amide bonds. The molecule has 4 heterocycles. The largest absolute Gasteiger partial charge is 0.417 e. The van der Waals surface area contributed by atoms with Crippen molar-refractivity contribution < 1.29 is 22.4 Å². The van der Waals surface area contributed by atoms with Gasteiger partial charge in [0.25, 0.3) is 5.91 Å². The zero-order valence-electron chi connectivity index (χ0n) is 19.7. The molecule has 4 aromatic rings. The summed E-state index contributed by atoms with van der Waals surface area (Å²) in [5.41, 5.74) is 0.386. The fraction of sp³-hybridized carbons (Fsp3) is 0.296. The maximum Gasteiger partial charge on any atom is 0.417 e. The molecule has 2 aliphatic rings. The van der Waals surface area contributed by atoms with Gasteiger partial charge in [0.2, 0.25) is 0 Å². The van der Waals surface area contributed by atoms with Crippen molar-refractivity contribution in [2.75, 3.05) is 23.3 Å². The Kier molecular flexibility index (Phi) is 5.62. The van der Waals surface area contributed by atoms with Gasteiger partial charge in [0.05, 0.1) is 17.4 Å². The Morgan fingerprint density at radius 2 is 1.78 bits per heavy atom. The van der Waals surface area contributed by atoms with E-state index in [2.05, 4.69) is 20.2 Å². The highest BCUT2D eigenvalue weighted by Gasteiger charge is 2.39. The van der Waals surface area contributed by atoms with Crippen molar-refractivity contribution in [3.8, 4) is 0 Å². The molecular formula is C27H23F4N5O. The van der Waals surface area contributed by atoms with Crippen molar-refractivity contribution >= 4 is 28.4 Å². The number of nitrogens with zero attached hydrogens (tertiary/aromatic N) is 4. The van der Waals surface area contributed by atoms with E-state index < -0.39 is 23.5 Å². The first kappa shape index (κ1) is 23.4. The Bertz CT molecular complexity index is 1470. The van der Waals surface area contributed by atoms with Gasteiger partial charge >= 0.3 is 6.18 Å². The van der Waals surface area contributed by atoms with Gasteiger partial charge in [-0.25, -0.2) is 14.4 Å². The maximum atomic E-state index is 13.8. The van der Waals surface area contributed by atoms with Crippen LogP contribution in [0.15, 0.2) is 60.9 Å². The summed E-state index contributed by atoms with van der Waals surface area (Å²) in [6.45, 7) is 2.05. The lowest BCUT2D eigenvalue weighted by atomic mass is 9.77. The average Bonchev–Trinajstić information content (AvgIpc) is 3.35. The number of benzene rings is 1. The van der Waals surface area contributed by atoms with Crippen molar-refractivity contribution in [1.29, 1.82) is 0 Å². The zero-order valence-corrected chi connectivity index (χ0v) is 19.7. The molecule has 1 aliphatic carbocycles. The van der Waals surface area contributed by atoms with Crippen molar-refractivity contribution in [1.82, 2.24) is 14.5 Å². The van der Waals surface area contributed by atoms with Crippen LogP contribution < -0.4 is 10.2 Å². The van der Waals surface area contributed by atoms with Crippen LogP contribution in [0.25, 0.3) is 11.0 Å². The van der Waals surface area contributed by atoms with Crippen molar-refractivity contribution in [2.24, 2.45) is 11.8 Å². The minimum Gasteiger partial charge on any atom is -0.356 e. The first-order valence-electron chi connectivity index (χ1n) is 12.1. The quantitative estimate of drug-likeness (QED) is 0.349. The molecule has 1 aliphatic heterocycles. The predicted molar refractivity (Wildman–Crippen MR) is 131 cm³/mol. The Balaban J connectivity index is 1.29. The lowest BCUT2D eigenvalue weighted by Crippen LogP contribution is -2.22. The monoisotopic (exact) mass is 509 g/mol. The van der Waals surface area contributed by atoms with E-state index in [0.717, 1.165) is 43.0 Å². The van der Waals surface area contributed by atoms with Crippen LogP contribution in [-0.2, 0) is 12.7 Å². The number of alkyl halides is 3. The number of carbonyl (C=O) groups excluding carboxylic acids is 1. The Morgan fingerprint density at radius 3 is 2.43 bits per heavy atom. The van der Waals surface area contributed by atoms with Crippen molar-refractivity contribution in [3.63, 3.8) is 0 Å². The van der Waals surface area contributed by atoms with E-state index in [4.69, 9.17) is 0 Å². The topological polar surface area (TPSA) is 63.1 Å². The fourth-order valence-electron chi connectivity index (χ4n) is 5.26. The summed E-state index contributed by atoms with van der Waals surface area (Å²) in [6.07, 6.45) is 0.263. The van der Waals surface area contributed by atoms with E-state index in [-0.39, 0.29) is 23.3 Å². The molecule has 3 aromatic heterocycles. The summed E-state index contributed by atoms with van der Waals surface area (Å²) in [5, 5.41) is 2.95. The molecule has 6 nitrogen and oxygen atoms in total. The standard InChI is InChI=1S/C27H23F4N5O/c28-21-3-1-2-16(8-21)13-36-23(10-19-9-20(27(29,30)31)11-33-25(19)36)26(37)34-22-6-7-24(32-12-22)35-14-17-4-5-18(17)15-35/h1-3,6-12,17-18H,4-5,13-15H2,(H,34,37). The molecule has 10 heteroatoms. The van der Waals surface area contributed by atoms with Crippen LogP contribution >= 0.6 is 0 Å². The summed E-state index contributed by atoms with van der Waals surface area (Å²) >= 11 is 0. The highest BCUT2D eigenvalue weighted by Crippen LogP contribution is 2.41. The van der Waals surface area contributed by atoms with Gasteiger partial charge in [-0.15, -0.1) is 0 Å². The molecule has 0 radical (unpaired) electrons. The van der Waals surface area contributed by atoms with Gasteiger partial charge in [-0.1, -0.05) is 12.1 Å². The van der Waals surface area contributed by atoms with Crippen LogP contribution in [0.4, 0.5) is 29.1 Å². The second kappa shape index (κ2) is 8.86. The number of nitrogens with one attached hydrogen (secondary N) is 1. The van der Waals surface area contributed by atoms with Gasteiger partial charge in [-0.3, -0.25) is 4.79 Å². The lowest BCUT2D eigenvalue weighted by Gasteiger charge is -2.27. The molecule has 1 saturated carbocycles. The molecule has 1 N–H and O–H groups in total. The maximum absolute atomic E-state index is 13.8. The molecule has 190 valence electrons. The number of aromatic nitrogens is 3. The number of halogens is 4. The third kappa shape index (κ3) is 4.52. The number of carbonyl (C=O) groups is 1. The first-order chi connectivity index (χ1) is 17.7. The number of hydrogen-bond donors (Lipinski definition) is 1. The van der Waals surface area contributed by atoms with Gasteiger partial charge in [0, 0.05) is 31.2 Å². The second-order valence-electron chi connectivity index (χ2n) is 9.74. The molecule has 0 bridgehead atoms. The SMILES string of the molecule is O=C(Nc1ccc(N2CC3CCC3C2)nc1)c1cc2cc(C(F)(F)F)cnc2n1Cc1cccc(F)c1. The highest BCUT2D eigenvalue weighted by atomic mass is 19.4. The van der Waals surface area contributed by atoms with Gasteiger partial charge in [0.1, 0.15) is 23.0 Å².